The molecule has 24 heavy (non-hydrogen) atoms. The van der Waals surface area contributed by atoms with Crippen molar-refractivity contribution in [3.63, 3.8) is 0 Å². The molecule has 1 aliphatic rings. The summed E-state index contributed by atoms with van der Waals surface area (Å²) in [6, 6.07) is 7.74. The molecule has 1 atom stereocenters. The van der Waals surface area contributed by atoms with E-state index in [1.807, 2.05) is 31.3 Å². The van der Waals surface area contributed by atoms with Crippen LogP contribution in [0, 0.1) is 0 Å². The number of nitrogens with zero attached hydrogens (tertiary/aromatic N) is 2. The standard InChI is InChI=1S/C18H24N2O4/c1-19(11-16-12-23-6-7-24-16)10-14-8-13-4-5-15(22-3)9-17(13)20(2)18(14)21/h4-5,8-9,16H,6-7,10-12H2,1-3H3/t16-/m0/s1. The zero-order valence-electron chi connectivity index (χ0n) is 14.4. The molecule has 1 saturated heterocycles. The van der Waals surface area contributed by atoms with Gasteiger partial charge in [0.1, 0.15) is 5.75 Å². The van der Waals surface area contributed by atoms with Crippen LogP contribution in [0.4, 0.5) is 0 Å². The summed E-state index contributed by atoms with van der Waals surface area (Å²) in [5.41, 5.74) is 1.66. The summed E-state index contributed by atoms with van der Waals surface area (Å²) in [6.07, 6.45) is 0.0670. The highest BCUT2D eigenvalue weighted by molar-refractivity contribution is 5.81. The summed E-state index contributed by atoms with van der Waals surface area (Å²) >= 11 is 0. The van der Waals surface area contributed by atoms with Gasteiger partial charge < -0.3 is 18.8 Å². The lowest BCUT2D eigenvalue weighted by atomic mass is 10.1. The maximum atomic E-state index is 12.6. The molecule has 2 heterocycles. The van der Waals surface area contributed by atoms with Gasteiger partial charge in [-0.2, -0.15) is 0 Å². The fourth-order valence-corrected chi connectivity index (χ4v) is 3.10. The second-order valence-corrected chi connectivity index (χ2v) is 6.22. The topological polar surface area (TPSA) is 52.9 Å². The molecule has 6 heteroatoms. The Bertz CT molecular complexity index is 765. The molecule has 130 valence electrons. The summed E-state index contributed by atoms with van der Waals surface area (Å²) in [4.78, 5) is 14.8. The van der Waals surface area contributed by atoms with Crippen molar-refractivity contribution in [3.05, 3.63) is 40.2 Å². The normalized spacial score (nSPS) is 18.2. The first-order valence-electron chi connectivity index (χ1n) is 8.13. The molecule has 0 spiro atoms. The lowest BCUT2D eigenvalue weighted by Crippen LogP contribution is -2.39. The Kier molecular flexibility index (Phi) is 5.18. The molecule has 0 amide bonds. The minimum Gasteiger partial charge on any atom is -0.497 e. The van der Waals surface area contributed by atoms with Crippen LogP contribution in [-0.4, -0.2) is 56.1 Å². The Labute approximate surface area is 141 Å². The number of aryl methyl sites for hydroxylation is 1. The first-order chi connectivity index (χ1) is 11.6. The quantitative estimate of drug-likeness (QED) is 0.828. The molecule has 0 N–H and O–H groups in total. The van der Waals surface area contributed by atoms with Crippen LogP contribution in [0.2, 0.25) is 0 Å². The molecule has 1 aromatic carbocycles. The third-order valence-electron chi connectivity index (χ3n) is 4.35. The van der Waals surface area contributed by atoms with E-state index in [0.717, 1.165) is 28.8 Å². The molecular formula is C18H24N2O4. The van der Waals surface area contributed by atoms with E-state index in [9.17, 15) is 4.79 Å². The van der Waals surface area contributed by atoms with E-state index < -0.39 is 0 Å². The van der Waals surface area contributed by atoms with Gasteiger partial charge in [0, 0.05) is 31.8 Å². The van der Waals surface area contributed by atoms with Crippen molar-refractivity contribution in [2.45, 2.75) is 12.6 Å². The van der Waals surface area contributed by atoms with Crippen molar-refractivity contribution in [1.29, 1.82) is 0 Å². The smallest absolute Gasteiger partial charge is 0.255 e. The number of methoxy groups -OCH3 is 1. The lowest BCUT2D eigenvalue weighted by molar-refractivity contribution is -0.0963. The molecule has 3 rings (SSSR count). The van der Waals surface area contributed by atoms with Crippen LogP contribution in [0.5, 0.6) is 5.75 Å². The predicted molar refractivity (Wildman–Crippen MR) is 92.6 cm³/mol. The van der Waals surface area contributed by atoms with Crippen molar-refractivity contribution >= 4 is 10.9 Å². The average molecular weight is 332 g/mol. The Hall–Kier alpha value is -1.89. The van der Waals surface area contributed by atoms with Crippen molar-refractivity contribution in [2.24, 2.45) is 7.05 Å². The van der Waals surface area contributed by atoms with Gasteiger partial charge in [0.05, 0.1) is 38.6 Å². The Morgan fingerprint density at radius 2 is 2.17 bits per heavy atom. The Morgan fingerprint density at radius 1 is 1.33 bits per heavy atom. The highest BCUT2D eigenvalue weighted by atomic mass is 16.6. The van der Waals surface area contributed by atoms with Crippen LogP contribution < -0.4 is 10.3 Å². The summed E-state index contributed by atoms with van der Waals surface area (Å²) < 4.78 is 18.0. The van der Waals surface area contributed by atoms with Crippen LogP contribution >= 0.6 is 0 Å². The molecule has 0 bridgehead atoms. The SMILES string of the molecule is COc1ccc2cc(CN(C)C[C@H]3COCCO3)c(=O)n(C)c2c1. The van der Waals surface area contributed by atoms with Gasteiger partial charge in [-0.15, -0.1) is 0 Å². The number of aromatic nitrogens is 1. The van der Waals surface area contributed by atoms with Crippen LogP contribution in [0.1, 0.15) is 5.56 Å². The number of likely N-dealkylation sites (N-methyl/N-ethyl adjacent to an activating group) is 1. The minimum absolute atomic E-state index is 0.0171. The second-order valence-electron chi connectivity index (χ2n) is 6.22. The molecular weight excluding hydrogens is 308 g/mol. The maximum Gasteiger partial charge on any atom is 0.255 e. The molecule has 0 aliphatic carbocycles. The zero-order chi connectivity index (χ0) is 17.1. The van der Waals surface area contributed by atoms with E-state index in [-0.39, 0.29) is 11.7 Å². The summed E-state index contributed by atoms with van der Waals surface area (Å²) in [7, 11) is 5.42. The van der Waals surface area contributed by atoms with Gasteiger partial charge in [-0.3, -0.25) is 9.69 Å². The van der Waals surface area contributed by atoms with Gasteiger partial charge in [-0.25, -0.2) is 0 Å². The maximum absolute atomic E-state index is 12.6. The number of ether oxygens (including phenoxy) is 3. The number of pyridine rings is 1. The number of hydrogen-bond acceptors (Lipinski definition) is 5. The van der Waals surface area contributed by atoms with Crippen LogP contribution in [0.3, 0.4) is 0 Å². The lowest BCUT2D eigenvalue weighted by Gasteiger charge is -2.27. The minimum atomic E-state index is 0.0171. The highest BCUT2D eigenvalue weighted by Gasteiger charge is 2.17. The van der Waals surface area contributed by atoms with E-state index in [4.69, 9.17) is 14.2 Å². The number of rotatable bonds is 5. The number of hydrogen-bond donors (Lipinski definition) is 0. The molecule has 0 saturated carbocycles. The first kappa shape index (κ1) is 17.0. The molecule has 2 aromatic rings. The Balaban J connectivity index is 1.81. The fourth-order valence-electron chi connectivity index (χ4n) is 3.10. The largest absolute Gasteiger partial charge is 0.497 e. The van der Waals surface area contributed by atoms with E-state index in [0.29, 0.717) is 26.4 Å². The van der Waals surface area contributed by atoms with Crippen molar-refractivity contribution < 1.29 is 14.2 Å². The van der Waals surface area contributed by atoms with Crippen LogP contribution in [-0.2, 0) is 23.1 Å². The third-order valence-corrected chi connectivity index (χ3v) is 4.35. The van der Waals surface area contributed by atoms with Gasteiger partial charge in [0.15, 0.2) is 0 Å². The zero-order valence-corrected chi connectivity index (χ0v) is 14.4. The van der Waals surface area contributed by atoms with Gasteiger partial charge in [-0.1, -0.05) is 0 Å². The number of benzene rings is 1. The van der Waals surface area contributed by atoms with Gasteiger partial charge in [0.25, 0.3) is 5.56 Å². The van der Waals surface area contributed by atoms with Crippen LogP contribution in [0.25, 0.3) is 10.9 Å². The summed E-state index contributed by atoms with van der Waals surface area (Å²) in [5.74, 6) is 0.747. The van der Waals surface area contributed by atoms with Crippen molar-refractivity contribution in [1.82, 2.24) is 9.47 Å². The molecule has 1 fully saturated rings. The summed E-state index contributed by atoms with van der Waals surface area (Å²) in [5, 5.41) is 1.03. The predicted octanol–water partition coefficient (Wildman–Crippen LogP) is 1.39. The average Bonchev–Trinajstić information content (AvgIpc) is 2.60. The van der Waals surface area contributed by atoms with Crippen molar-refractivity contribution in [2.75, 3.05) is 40.5 Å². The fraction of sp³-hybridized carbons (Fsp3) is 0.500. The van der Waals surface area contributed by atoms with E-state index in [1.54, 1.807) is 18.7 Å². The molecule has 1 aromatic heterocycles. The molecule has 6 nitrogen and oxygen atoms in total. The van der Waals surface area contributed by atoms with Gasteiger partial charge in [0.2, 0.25) is 0 Å². The third kappa shape index (κ3) is 3.61. The molecule has 1 aliphatic heterocycles. The van der Waals surface area contributed by atoms with E-state index in [1.165, 1.54) is 0 Å². The van der Waals surface area contributed by atoms with E-state index in [2.05, 4.69) is 4.90 Å². The second kappa shape index (κ2) is 7.34. The van der Waals surface area contributed by atoms with E-state index >= 15 is 0 Å². The highest BCUT2D eigenvalue weighted by Crippen LogP contribution is 2.20. The van der Waals surface area contributed by atoms with Gasteiger partial charge in [-0.05, 0) is 30.6 Å². The number of fused-ring (bicyclic) bond motifs is 1. The van der Waals surface area contributed by atoms with Crippen LogP contribution in [0.15, 0.2) is 29.1 Å². The summed E-state index contributed by atoms with van der Waals surface area (Å²) in [6.45, 7) is 3.23. The molecule has 0 radical (unpaired) electrons. The van der Waals surface area contributed by atoms with Gasteiger partial charge >= 0.3 is 0 Å². The van der Waals surface area contributed by atoms with Crippen molar-refractivity contribution in [3.8, 4) is 5.75 Å². The Morgan fingerprint density at radius 3 is 2.88 bits per heavy atom. The first-order valence-corrected chi connectivity index (χ1v) is 8.13. The monoisotopic (exact) mass is 332 g/mol. The molecule has 0 unspecified atom stereocenters.